The molecule has 0 aromatic carbocycles. The van der Waals surface area contributed by atoms with E-state index in [0.717, 1.165) is 30.5 Å². The Bertz CT molecular complexity index is 344. The maximum atomic E-state index is 5.05. The molecular weight excluding hydrogens is 202 g/mol. The average Bonchev–Trinajstić information content (AvgIpc) is 3.03. The Kier molecular flexibility index (Phi) is 3.49. The van der Waals surface area contributed by atoms with Gasteiger partial charge in [-0.3, -0.25) is 4.68 Å². The van der Waals surface area contributed by atoms with E-state index in [1.807, 2.05) is 11.7 Å². The van der Waals surface area contributed by atoms with E-state index in [1.165, 1.54) is 12.8 Å². The molecule has 0 amide bonds. The fourth-order valence-corrected chi connectivity index (χ4v) is 1.94. The van der Waals surface area contributed by atoms with Crippen molar-refractivity contribution in [3.8, 4) is 0 Å². The maximum Gasteiger partial charge on any atom is 0.124 e. The lowest BCUT2D eigenvalue weighted by molar-refractivity contribution is 0.201. The van der Waals surface area contributed by atoms with Crippen LogP contribution in [0.4, 0.5) is 5.82 Å². The van der Waals surface area contributed by atoms with Gasteiger partial charge in [0.1, 0.15) is 5.82 Å². The van der Waals surface area contributed by atoms with E-state index in [9.17, 15) is 0 Å². The number of nitrogens with zero attached hydrogens (tertiary/aromatic N) is 2. The predicted octanol–water partition coefficient (Wildman–Crippen LogP) is 1.82. The Balaban J connectivity index is 1.94. The molecule has 1 aromatic heterocycles. The average molecular weight is 223 g/mol. The molecule has 4 nitrogen and oxygen atoms in total. The summed E-state index contributed by atoms with van der Waals surface area (Å²) in [4.78, 5) is 0. The number of hydrogen-bond donors (Lipinski definition) is 1. The fraction of sp³-hybridized carbons (Fsp3) is 0.750. The molecule has 1 atom stereocenters. The minimum atomic E-state index is 0.561. The number of hydrogen-bond acceptors (Lipinski definition) is 3. The number of ether oxygens (including phenoxy) is 1. The largest absolute Gasteiger partial charge is 0.384 e. The highest BCUT2D eigenvalue weighted by atomic mass is 16.5. The van der Waals surface area contributed by atoms with Gasteiger partial charge in [0.2, 0.25) is 0 Å². The van der Waals surface area contributed by atoms with Gasteiger partial charge in [0.15, 0.2) is 0 Å². The molecule has 0 spiro atoms. The van der Waals surface area contributed by atoms with Crippen molar-refractivity contribution >= 4 is 5.82 Å². The summed E-state index contributed by atoms with van der Waals surface area (Å²) in [6, 6.07) is 2.68. The second-order valence-electron chi connectivity index (χ2n) is 4.66. The molecule has 1 fully saturated rings. The molecule has 0 aliphatic heterocycles. The molecule has 0 radical (unpaired) electrons. The SMILES string of the molecule is COCCc1cc(NC(C)C2CC2)n(C)n1. The lowest BCUT2D eigenvalue weighted by Gasteiger charge is -2.13. The number of anilines is 1. The summed E-state index contributed by atoms with van der Waals surface area (Å²) in [6.45, 7) is 2.98. The van der Waals surface area contributed by atoms with Crippen molar-refractivity contribution in [3.63, 3.8) is 0 Å². The van der Waals surface area contributed by atoms with Crippen molar-refractivity contribution in [2.24, 2.45) is 13.0 Å². The van der Waals surface area contributed by atoms with Gasteiger partial charge in [0.25, 0.3) is 0 Å². The third kappa shape index (κ3) is 2.76. The molecule has 1 unspecified atom stereocenters. The zero-order valence-corrected chi connectivity index (χ0v) is 10.4. The highest BCUT2D eigenvalue weighted by molar-refractivity contribution is 5.38. The first kappa shape index (κ1) is 11.5. The van der Waals surface area contributed by atoms with Crippen LogP contribution in [0.1, 0.15) is 25.5 Å². The third-order valence-corrected chi connectivity index (χ3v) is 3.20. The monoisotopic (exact) mass is 223 g/mol. The van der Waals surface area contributed by atoms with Gasteiger partial charge in [-0.25, -0.2) is 0 Å². The van der Waals surface area contributed by atoms with Crippen LogP contribution in [0.3, 0.4) is 0 Å². The number of methoxy groups -OCH3 is 1. The van der Waals surface area contributed by atoms with E-state index < -0.39 is 0 Å². The van der Waals surface area contributed by atoms with Gasteiger partial charge >= 0.3 is 0 Å². The Labute approximate surface area is 97.0 Å². The molecule has 1 saturated carbocycles. The molecular formula is C12H21N3O. The van der Waals surface area contributed by atoms with Crippen molar-refractivity contribution < 1.29 is 4.74 Å². The van der Waals surface area contributed by atoms with E-state index >= 15 is 0 Å². The highest BCUT2D eigenvalue weighted by Gasteiger charge is 2.28. The summed E-state index contributed by atoms with van der Waals surface area (Å²) in [5.41, 5.74) is 1.09. The predicted molar refractivity (Wildman–Crippen MR) is 64.6 cm³/mol. The molecule has 1 aliphatic carbocycles. The first-order valence-electron chi connectivity index (χ1n) is 5.99. The van der Waals surface area contributed by atoms with Gasteiger partial charge in [-0.05, 0) is 25.7 Å². The van der Waals surface area contributed by atoms with Crippen molar-refractivity contribution in [2.45, 2.75) is 32.2 Å². The minimum Gasteiger partial charge on any atom is -0.384 e. The second-order valence-corrected chi connectivity index (χ2v) is 4.66. The lowest BCUT2D eigenvalue weighted by Crippen LogP contribution is -2.19. The van der Waals surface area contributed by atoms with Gasteiger partial charge in [0.05, 0.1) is 12.3 Å². The quantitative estimate of drug-likeness (QED) is 0.799. The Morgan fingerprint density at radius 1 is 1.62 bits per heavy atom. The molecule has 0 saturated heterocycles. The summed E-state index contributed by atoms with van der Waals surface area (Å²) in [7, 11) is 3.70. The third-order valence-electron chi connectivity index (χ3n) is 3.20. The van der Waals surface area contributed by atoms with Crippen LogP contribution in [0.2, 0.25) is 0 Å². The van der Waals surface area contributed by atoms with E-state index in [0.29, 0.717) is 6.04 Å². The number of rotatable bonds is 6. The topological polar surface area (TPSA) is 39.1 Å². The Morgan fingerprint density at radius 2 is 2.38 bits per heavy atom. The van der Waals surface area contributed by atoms with Gasteiger partial charge in [-0.1, -0.05) is 0 Å². The number of aryl methyl sites for hydroxylation is 1. The van der Waals surface area contributed by atoms with E-state index in [-0.39, 0.29) is 0 Å². The minimum absolute atomic E-state index is 0.561. The first-order valence-corrected chi connectivity index (χ1v) is 5.99. The summed E-state index contributed by atoms with van der Waals surface area (Å²) in [5, 5.41) is 7.98. The smallest absolute Gasteiger partial charge is 0.124 e. The van der Waals surface area contributed by atoms with Crippen molar-refractivity contribution in [1.82, 2.24) is 9.78 Å². The molecule has 16 heavy (non-hydrogen) atoms. The Morgan fingerprint density at radius 3 is 3.00 bits per heavy atom. The highest BCUT2D eigenvalue weighted by Crippen LogP contribution is 2.33. The van der Waals surface area contributed by atoms with Crippen LogP contribution in [0, 0.1) is 5.92 Å². The Hall–Kier alpha value is -1.03. The molecule has 4 heteroatoms. The van der Waals surface area contributed by atoms with Crippen LogP contribution < -0.4 is 5.32 Å². The van der Waals surface area contributed by atoms with Crippen molar-refractivity contribution in [1.29, 1.82) is 0 Å². The first-order chi connectivity index (χ1) is 7.70. The summed E-state index contributed by atoms with van der Waals surface area (Å²) >= 11 is 0. The molecule has 90 valence electrons. The van der Waals surface area contributed by atoms with Gasteiger partial charge in [0, 0.05) is 32.7 Å². The fourth-order valence-electron chi connectivity index (χ4n) is 1.94. The molecule has 1 N–H and O–H groups in total. The van der Waals surface area contributed by atoms with Crippen LogP contribution in [-0.4, -0.2) is 29.5 Å². The van der Waals surface area contributed by atoms with Crippen LogP contribution in [-0.2, 0) is 18.2 Å². The summed E-state index contributed by atoms with van der Waals surface area (Å²) in [5.74, 6) is 1.97. The number of aromatic nitrogens is 2. The standard InChI is InChI=1S/C12H21N3O/c1-9(10-4-5-10)13-12-8-11(6-7-16-3)14-15(12)2/h8-10,13H,4-7H2,1-3H3. The van der Waals surface area contributed by atoms with Crippen LogP contribution in [0.5, 0.6) is 0 Å². The van der Waals surface area contributed by atoms with Gasteiger partial charge in [-0.2, -0.15) is 5.10 Å². The van der Waals surface area contributed by atoms with E-state index in [2.05, 4.69) is 23.4 Å². The van der Waals surface area contributed by atoms with Crippen molar-refractivity contribution in [3.05, 3.63) is 11.8 Å². The van der Waals surface area contributed by atoms with E-state index in [4.69, 9.17) is 4.74 Å². The van der Waals surface area contributed by atoms with E-state index in [1.54, 1.807) is 7.11 Å². The summed E-state index contributed by atoms with van der Waals surface area (Å²) < 4.78 is 6.98. The maximum absolute atomic E-state index is 5.05. The van der Waals surface area contributed by atoms with Gasteiger partial charge < -0.3 is 10.1 Å². The van der Waals surface area contributed by atoms with Crippen LogP contribution >= 0.6 is 0 Å². The normalized spacial score (nSPS) is 17.4. The molecule has 1 aromatic rings. The van der Waals surface area contributed by atoms with Crippen molar-refractivity contribution in [2.75, 3.05) is 19.0 Å². The second kappa shape index (κ2) is 4.87. The summed E-state index contributed by atoms with van der Waals surface area (Å²) in [6.07, 6.45) is 3.61. The van der Waals surface area contributed by atoms with Crippen LogP contribution in [0.25, 0.3) is 0 Å². The lowest BCUT2D eigenvalue weighted by atomic mass is 10.2. The van der Waals surface area contributed by atoms with Gasteiger partial charge in [-0.15, -0.1) is 0 Å². The zero-order chi connectivity index (χ0) is 11.5. The molecule has 1 aliphatic rings. The zero-order valence-electron chi connectivity index (χ0n) is 10.4. The number of nitrogens with one attached hydrogen (secondary N) is 1. The molecule has 2 rings (SSSR count). The van der Waals surface area contributed by atoms with Crippen LogP contribution in [0.15, 0.2) is 6.07 Å². The molecule has 0 bridgehead atoms. The molecule has 1 heterocycles.